The average Bonchev–Trinajstić information content (AvgIpc) is 2.05. The molecule has 0 radical (unpaired) electrons. The third-order valence-corrected chi connectivity index (χ3v) is 2.11. The Morgan fingerprint density at radius 2 is 2.27 bits per heavy atom. The lowest BCUT2D eigenvalue weighted by Crippen LogP contribution is -1.89. The molecule has 1 aromatic carbocycles. The highest BCUT2D eigenvalue weighted by Gasteiger charge is 1.97. The van der Waals surface area contributed by atoms with Gasteiger partial charge in [-0.05, 0) is 24.5 Å². The molecule has 2 N–H and O–H groups in total. The highest BCUT2D eigenvalue weighted by molar-refractivity contribution is 7.98. The Morgan fingerprint density at radius 1 is 1.55 bits per heavy atom. The highest BCUT2D eigenvalue weighted by atomic mass is 32.2. The molecule has 0 aliphatic heterocycles. The fourth-order valence-corrected chi connectivity index (χ4v) is 1.20. The first kappa shape index (κ1) is 7.96. The normalized spacial score (nSPS) is 9.09. The Hall–Kier alpha value is -1.14. The molecular weight excluding hydrogens is 156 g/mol. The fraction of sp³-hybridized carbons (Fsp3) is 0.125. The van der Waals surface area contributed by atoms with Gasteiger partial charge in [-0.15, -0.1) is 11.8 Å². The Kier molecular flexibility index (Phi) is 2.40. The molecule has 0 aliphatic rings. The molecule has 2 nitrogen and oxygen atoms in total. The van der Waals surface area contributed by atoms with Gasteiger partial charge in [0.25, 0.3) is 0 Å². The number of benzene rings is 1. The molecule has 11 heavy (non-hydrogen) atoms. The van der Waals surface area contributed by atoms with Crippen molar-refractivity contribution in [3.05, 3.63) is 23.8 Å². The summed E-state index contributed by atoms with van der Waals surface area (Å²) < 4.78 is 0. The molecule has 0 heterocycles. The number of nitrogens with zero attached hydrogens (tertiary/aromatic N) is 1. The number of nitriles is 1. The van der Waals surface area contributed by atoms with E-state index in [9.17, 15) is 0 Å². The molecule has 0 fully saturated rings. The van der Waals surface area contributed by atoms with E-state index >= 15 is 0 Å². The standard InChI is InChI=1S/C8H8N2S/c1-11-7-2-3-8(10)6(4-7)5-9/h2-4H,10H2,1H3. The second kappa shape index (κ2) is 3.31. The van der Waals surface area contributed by atoms with Crippen molar-refractivity contribution in [3.63, 3.8) is 0 Å². The third-order valence-electron chi connectivity index (χ3n) is 1.38. The highest BCUT2D eigenvalue weighted by Crippen LogP contribution is 2.19. The van der Waals surface area contributed by atoms with Crippen LogP contribution in [0.5, 0.6) is 0 Å². The summed E-state index contributed by atoms with van der Waals surface area (Å²) >= 11 is 1.60. The smallest absolute Gasteiger partial charge is 0.101 e. The van der Waals surface area contributed by atoms with Gasteiger partial charge in [0.1, 0.15) is 6.07 Å². The first-order valence-electron chi connectivity index (χ1n) is 3.11. The minimum Gasteiger partial charge on any atom is -0.398 e. The van der Waals surface area contributed by atoms with Gasteiger partial charge < -0.3 is 5.73 Å². The zero-order valence-electron chi connectivity index (χ0n) is 6.16. The Labute approximate surface area is 70.0 Å². The van der Waals surface area contributed by atoms with E-state index < -0.39 is 0 Å². The average molecular weight is 164 g/mol. The molecular formula is C8H8N2S. The van der Waals surface area contributed by atoms with Crippen molar-refractivity contribution in [3.8, 4) is 6.07 Å². The number of thioether (sulfide) groups is 1. The van der Waals surface area contributed by atoms with E-state index in [0.717, 1.165) is 4.90 Å². The van der Waals surface area contributed by atoms with Crippen LogP contribution < -0.4 is 5.73 Å². The van der Waals surface area contributed by atoms with Gasteiger partial charge >= 0.3 is 0 Å². The van der Waals surface area contributed by atoms with Crippen LogP contribution in [0.4, 0.5) is 5.69 Å². The van der Waals surface area contributed by atoms with Gasteiger partial charge in [0.15, 0.2) is 0 Å². The second-order valence-electron chi connectivity index (χ2n) is 2.06. The quantitative estimate of drug-likeness (QED) is 0.509. The van der Waals surface area contributed by atoms with Gasteiger partial charge in [-0.25, -0.2) is 0 Å². The summed E-state index contributed by atoms with van der Waals surface area (Å²) in [5.41, 5.74) is 6.62. The Bertz CT molecular complexity index is 301. The predicted octanol–water partition coefficient (Wildman–Crippen LogP) is 1.86. The largest absolute Gasteiger partial charge is 0.398 e. The van der Waals surface area contributed by atoms with Crippen LogP contribution in [0.15, 0.2) is 23.1 Å². The zero-order chi connectivity index (χ0) is 8.27. The third kappa shape index (κ3) is 1.66. The Morgan fingerprint density at radius 3 is 2.82 bits per heavy atom. The van der Waals surface area contributed by atoms with Crippen LogP contribution in [0.1, 0.15) is 5.56 Å². The molecule has 0 bridgehead atoms. The van der Waals surface area contributed by atoms with Crippen LogP contribution in [0.2, 0.25) is 0 Å². The van der Waals surface area contributed by atoms with Crippen LogP contribution in [0.3, 0.4) is 0 Å². The summed E-state index contributed by atoms with van der Waals surface area (Å²) in [6.07, 6.45) is 1.96. The first-order valence-corrected chi connectivity index (χ1v) is 4.34. The van der Waals surface area contributed by atoms with E-state index in [1.165, 1.54) is 0 Å². The SMILES string of the molecule is CSc1ccc(N)c(C#N)c1. The molecule has 56 valence electrons. The van der Waals surface area contributed by atoms with Gasteiger partial charge in [-0.3, -0.25) is 0 Å². The van der Waals surface area contributed by atoms with Crippen molar-refractivity contribution >= 4 is 17.4 Å². The van der Waals surface area contributed by atoms with Crippen molar-refractivity contribution in [2.75, 3.05) is 12.0 Å². The number of hydrogen-bond acceptors (Lipinski definition) is 3. The van der Waals surface area contributed by atoms with Gasteiger partial charge in [0.05, 0.1) is 5.56 Å². The molecule has 0 unspecified atom stereocenters. The van der Waals surface area contributed by atoms with Crippen molar-refractivity contribution in [2.24, 2.45) is 0 Å². The minimum atomic E-state index is 0.547. The van der Waals surface area contributed by atoms with E-state index in [1.54, 1.807) is 23.9 Å². The summed E-state index contributed by atoms with van der Waals surface area (Å²) in [5.74, 6) is 0. The molecule has 1 aromatic rings. The summed E-state index contributed by atoms with van der Waals surface area (Å²) in [6, 6.07) is 7.48. The molecule has 0 saturated heterocycles. The molecule has 0 atom stereocenters. The fourth-order valence-electron chi connectivity index (χ4n) is 0.759. The summed E-state index contributed by atoms with van der Waals surface area (Å²) in [7, 11) is 0. The Balaban J connectivity index is 3.15. The van der Waals surface area contributed by atoms with Gasteiger partial charge in [0.2, 0.25) is 0 Å². The van der Waals surface area contributed by atoms with E-state index in [0.29, 0.717) is 11.3 Å². The summed E-state index contributed by atoms with van der Waals surface area (Å²) in [5, 5.41) is 8.60. The van der Waals surface area contributed by atoms with E-state index in [-0.39, 0.29) is 0 Å². The van der Waals surface area contributed by atoms with Crippen molar-refractivity contribution in [2.45, 2.75) is 4.90 Å². The molecule has 0 saturated carbocycles. The molecule has 3 heteroatoms. The van der Waals surface area contributed by atoms with Crippen LogP contribution in [-0.2, 0) is 0 Å². The van der Waals surface area contributed by atoms with Gasteiger partial charge in [-0.1, -0.05) is 0 Å². The number of nitrogens with two attached hydrogens (primary N) is 1. The van der Waals surface area contributed by atoms with Crippen LogP contribution in [-0.4, -0.2) is 6.26 Å². The maximum absolute atomic E-state index is 8.60. The number of rotatable bonds is 1. The molecule has 0 aromatic heterocycles. The molecule has 1 rings (SSSR count). The van der Waals surface area contributed by atoms with Gasteiger partial charge in [-0.2, -0.15) is 5.26 Å². The number of hydrogen-bond donors (Lipinski definition) is 1. The minimum absolute atomic E-state index is 0.547. The summed E-state index contributed by atoms with van der Waals surface area (Å²) in [6.45, 7) is 0. The molecule has 0 spiro atoms. The lowest BCUT2D eigenvalue weighted by Gasteiger charge is -1.98. The van der Waals surface area contributed by atoms with Crippen molar-refractivity contribution < 1.29 is 0 Å². The molecule has 0 aliphatic carbocycles. The monoisotopic (exact) mass is 164 g/mol. The first-order chi connectivity index (χ1) is 5.27. The van der Waals surface area contributed by atoms with E-state index in [2.05, 4.69) is 0 Å². The second-order valence-corrected chi connectivity index (χ2v) is 2.94. The van der Waals surface area contributed by atoms with Crippen LogP contribution >= 0.6 is 11.8 Å². The van der Waals surface area contributed by atoms with Crippen molar-refractivity contribution in [1.29, 1.82) is 5.26 Å². The topological polar surface area (TPSA) is 49.8 Å². The van der Waals surface area contributed by atoms with Crippen molar-refractivity contribution in [1.82, 2.24) is 0 Å². The van der Waals surface area contributed by atoms with Gasteiger partial charge in [0, 0.05) is 10.6 Å². The lowest BCUT2D eigenvalue weighted by molar-refractivity contribution is 1.41. The maximum Gasteiger partial charge on any atom is 0.101 e. The summed E-state index contributed by atoms with van der Waals surface area (Å²) in [4.78, 5) is 1.07. The lowest BCUT2D eigenvalue weighted by atomic mass is 10.2. The predicted molar refractivity (Wildman–Crippen MR) is 47.4 cm³/mol. The number of nitrogen functional groups attached to an aromatic ring is 1. The van der Waals surface area contributed by atoms with E-state index in [1.807, 2.05) is 18.4 Å². The molecule has 0 amide bonds. The van der Waals surface area contributed by atoms with Crippen LogP contribution in [0, 0.1) is 11.3 Å². The maximum atomic E-state index is 8.60. The number of anilines is 1. The van der Waals surface area contributed by atoms with Crippen LogP contribution in [0.25, 0.3) is 0 Å². The van der Waals surface area contributed by atoms with E-state index in [4.69, 9.17) is 11.0 Å². The zero-order valence-corrected chi connectivity index (χ0v) is 6.98.